The Morgan fingerprint density at radius 2 is 2.11 bits per heavy atom. The lowest BCUT2D eigenvalue weighted by Crippen LogP contribution is -2.25. The fourth-order valence-corrected chi connectivity index (χ4v) is 3.46. The molecule has 4 rings (SSSR count). The molecule has 1 unspecified atom stereocenters. The van der Waals surface area contributed by atoms with Crippen LogP contribution in [0.2, 0.25) is 0 Å². The minimum absolute atomic E-state index is 0.0790. The molecule has 0 aliphatic carbocycles. The number of rotatable bonds is 6. The second kappa shape index (κ2) is 7.80. The first-order chi connectivity index (χ1) is 13.2. The monoisotopic (exact) mass is 366 g/mol. The van der Waals surface area contributed by atoms with E-state index in [2.05, 4.69) is 9.88 Å². The molecule has 0 spiro atoms. The molecule has 0 radical (unpaired) electrons. The van der Waals surface area contributed by atoms with Crippen molar-refractivity contribution in [2.75, 3.05) is 19.7 Å². The number of carbonyl (C=O) groups excluding carboxylic acids is 1. The molecule has 2 aromatic heterocycles. The van der Waals surface area contributed by atoms with Gasteiger partial charge in [0, 0.05) is 30.7 Å². The third-order valence-corrected chi connectivity index (χ3v) is 4.67. The summed E-state index contributed by atoms with van der Waals surface area (Å²) in [4.78, 5) is 18.9. The van der Waals surface area contributed by atoms with Crippen LogP contribution in [-0.2, 0) is 11.3 Å². The van der Waals surface area contributed by atoms with Gasteiger partial charge in [-0.2, -0.15) is 0 Å². The predicted molar refractivity (Wildman–Crippen MR) is 101 cm³/mol. The Kier molecular flexibility index (Phi) is 5.07. The van der Waals surface area contributed by atoms with Gasteiger partial charge in [-0.05, 0) is 25.5 Å². The zero-order valence-corrected chi connectivity index (χ0v) is 15.3. The third kappa shape index (κ3) is 3.80. The van der Waals surface area contributed by atoms with Crippen LogP contribution in [0.4, 0.5) is 0 Å². The van der Waals surface area contributed by atoms with Gasteiger partial charge in [-0.1, -0.05) is 24.3 Å². The first kappa shape index (κ1) is 17.5. The molecule has 1 saturated heterocycles. The van der Waals surface area contributed by atoms with Crippen molar-refractivity contribution in [1.29, 1.82) is 0 Å². The molecule has 3 aromatic rings. The van der Waals surface area contributed by atoms with Gasteiger partial charge in [0.15, 0.2) is 0 Å². The molecular weight excluding hydrogens is 344 g/mol. The first-order valence-electron chi connectivity index (χ1n) is 9.22. The quantitative estimate of drug-likeness (QED) is 0.621. The highest BCUT2D eigenvalue weighted by atomic mass is 16.5. The van der Waals surface area contributed by atoms with Crippen molar-refractivity contribution in [3.63, 3.8) is 0 Å². The maximum Gasteiger partial charge on any atom is 0.342 e. The molecule has 1 aliphatic heterocycles. The SMILES string of the molecule is CCOC(=O)c1c(CN2CCC(Oc3ccccn3)C2)oc2ccccc12. The largest absolute Gasteiger partial charge is 0.473 e. The Morgan fingerprint density at radius 1 is 1.26 bits per heavy atom. The van der Waals surface area contributed by atoms with Crippen molar-refractivity contribution in [3.05, 3.63) is 60.0 Å². The number of likely N-dealkylation sites (tertiary alicyclic amines) is 1. The van der Waals surface area contributed by atoms with Crippen LogP contribution in [0.3, 0.4) is 0 Å². The van der Waals surface area contributed by atoms with Crippen molar-refractivity contribution in [2.24, 2.45) is 0 Å². The highest BCUT2D eigenvalue weighted by Gasteiger charge is 2.28. The number of furan rings is 1. The molecule has 1 fully saturated rings. The van der Waals surface area contributed by atoms with E-state index in [-0.39, 0.29) is 12.1 Å². The lowest BCUT2D eigenvalue weighted by Gasteiger charge is -2.16. The molecule has 6 nitrogen and oxygen atoms in total. The average Bonchev–Trinajstić information content (AvgIpc) is 3.26. The van der Waals surface area contributed by atoms with E-state index in [1.165, 1.54) is 0 Å². The minimum Gasteiger partial charge on any atom is -0.473 e. The molecule has 140 valence electrons. The zero-order chi connectivity index (χ0) is 18.6. The van der Waals surface area contributed by atoms with Gasteiger partial charge in [-0.3, -0.25) is 4.90 Å². The van der Waals surface area contributed by atoms with Crippen molar-refractivity contribution >= 4 is 16.9 Å². The van der Waals surface area contributed by atoms with E-state index in [1.54, 1.807) is 13.1 Å². The fraction of sp³-hybridized carbons (Fsp3) is 0.333. The smallest absolute Gasteiger partial charge is 0.342 e. The highest BCUT2D eigenvalue weighted by Crippen LogP contribution is 2.29. The van der Waals surface area contributed by atoms with Crippen LogP contribution in [0.25, 0.3) is 11.0 Å². The van der Waals surface area contributed by atoms with Gasteiger partial charge in [0.1, 0.15) is 23.0 Å². The summed E-state index contributed by atoms with van der Waals surface area (Å²) in [5.41, 5.74) is 1.23. The Bertz CT molecular complexity index is 922. The lowest BCUT2D eigenvalue weighted by atomic mass is 10.1. The van der Waals surface area contributed by atoms with E-state index in [1.807, 2.05) is 42.5 Å². The van der Waals surface area contributed by atoms with E-state index < -0.39 is 0 Å². The fourth-order valence-electron chi connectivity index (χ4n) is 3.46. The number of carbonyl (C=O) groups is 1. The van der Waals surface area contributed by atoms with Crippen molar-refractivity contribution in [2.45, 2.75) is 26.0 Å². The second-order valence-corrected chi connectivity index (χ2v) is 6.55. The van der Waals surface area contributed by atoms with Crippen LogP contribution in [0, 0.1) is 0 Å². The topological polar surface area (TPSA) is 64.8 Å². The molecule has 1 aromatic carbocycles. The molecule has 1 atom stereocenters. The number of ether oxygens (including phenoxy) is 2. The number of esters is 1. The second-order valence-electron chi connectivity index (χ2n) is 6.55. The number of hydrogen-bond acceptors (Lipinski definition) is 6. The van der Waals surface area contributed by atoms with Gasteiger partial charge in [-0.25, -0.2) is 9.78 Å². The van der Waals surface area contributed by atoms with Gasteiger partial charge in [0.2, 0.25) is 5.88 Å². The Morgan fingerprint density at radius 3 is 2.93 bits per heavy atom. The maximum absolute atomic E-state index is 12.5. The van der Waals surface area contributed by atoms with E-state index in [4.69, 9.17) is 13.9 Å². The van der Waals surface area contributed by atoms with Crippen LogP contribution in [0.1, 0.15) is 29.5 Å². The maximum atomic E-state index is 12.5. The zero-order valence-electron chi connectivity index (χ0n) is 15.3. The average molecular weight is 366 g/mol. The Balaban J connectivity index is 1.50. The van der Waals surface area contributed by atoms with Crippen LogP contribution in [0.5, 0.6) is 5.88 Å². The Hall–Kier alpha value is -2.86. The number of benzene rings is 1. The molecule has 0 amide bonds. The third-order valence-electron chi connectivity index (χ3n) is 4.67. The summed E-state index contributed by atoms with van der Waals surface area (Å²) < 4.78 is 17.2. The standard InChI is InChI=1S/C21H22N2O4/c1-2-25-21(24)20-16-7-3-4-8-17(16)27-18(20)14-23-12-10-15(13-23)26-19-9-5-6-11-22-19/h3-9,11,15H,2,10,12-14H2,1H3. The van der Waals surface area contributed by atoms with Crippen molar-refractivity contribution < 1.29 is 18.7 Å². The molecular formula is C21H22N2O4. The van der Waals surface area contributed by atoms with Gasteiger partial charge in [0.25, 0.3) is 0 Å². The molecule has 1 aliphatic rings. The van der Waals surface area contributed by atoms with Crippen LogP contribution in [0.15, 0.2) is 53.1 Å². The predicted octanol–water partition coefficient (Wildman–Crippen LogP) is 3.66. The Labute approximate surface area is 157 Å². The summed E-state index contributed by atoms with van der Waals surface area (Å²) in [5, 5.41) is 0.798. The number of hydrogen-bond donors (Lipinski definition) is 0. The van der Waals surface area contributed by atoms with Crippen molar-refractivity contribution in [1.82, 2.24) is 9.88 Å². The molecule has 0 saturated carbocycles. The van der Waals surface area contributed by atoms with Crippen LogP contribution < -0.4 is 4.74 Å². The summed E-state index contributed by atoms with van der Waals surface area (Å²) in [5.74, 6) is 0.950. The molecule has 0 N–H and O–H groups in total. The number of fused-ring (bicyclic) bond motifs is 1. The molecule has 6 heteroatoms. The lowest BCUT2D eigenvalue weighted by molar-refractivity contribution is 0.0524. The number of pyridine rings is 1. The van der Waals surface area contributed by atoms with Gasteiger partial charge in [0.05, 0.1) is 13.2 Å². The highest BCUT2D eigenvalue weighted by molar-refractivity contribution is 6.04. The van der Waals surface area contributed by atoms with Crippen LogP contribution in [-0.4, -0.2) is 41.7 Å². The summed E-state index contributed by atoms with van der Waals surface area (Å²) in [6, 6.07) is 13.2. The number of nitrogens with zero attached hydrogens (tertiary/aromatic N) is 2. The summed E-state index contributed by atoms with van der Waals surface area (Å²) >= 11 is 0. The van der Waals surface area contributed by atoms with E-state index in [0.29, 0.717) is 35.9 Å². The molecule has 27 heavy (non-hydrogen) atoms. The van der Waals surface area contributed by atoms with Gasteiger partial charge >= 0.3 is 5.97 Å². The van der Waals surface area contributed by atoms with Gasteiger partial charge in [-0.15, -0.1) is 0 Å². The van der Waals surface area contributed by atoms with Crippen LogP contribution >= 0.6 is 0 Å². The van der Waals surface area contributed by atoms with Crippen molar-refractivity contribution in [3.8, 4) is 5.88 Å². The van der Waals surface area contributed by atoms with E-state index in [0.717, 1.165) is 24.9 Å². The molecule has 3 heterocycles. The van der Waals surface area contributed by atoms with E-state index >= 15 is 0 Å². The number of aromatic nitrogens is 1. The summed E-state index contributed by atoms with van der Waals surface area (Å²) in [6.45, 7) is 4.32. The first-order valence-corrected chi connectivity index (χ1v) is 9.22. The van der Waals surface area contributed by atoms with E-state index in [9.17, 15) is 4.79 Å². The summed E-state index contributed by atoms with van der Waals surface area (Å²) in [7, 11) is 0. The minimum atomic E-state index is -0.335. The normalized spacial score (nSPS) is 17.3. The van der Waals surface area contributed by atoms with Gasteiger partial charge < -0.3 is 13.9 Å². The summed E-state index contributed by atoms with van der Waals surface area (Å²) in [6.07, 6.45) is 2.71. The molecule has 0 bridgehead atoms. The number of para-hydroxylation sites is 1.